The van der Waals surface area contributed by atoms with E-state index >= 15 is 0 Å². The van der Waals surface area contributed by atoms with Gasteiger partial charge in [0.2, 0.25) is 0 Å². The van der Waals surface area contributed by atoms with Crippen LogP contribution in [0.3, 0.4) is 0 Å². The van der Waals surface area contributed by atoms with Crippen molar-refractivity contribution >= 4 is 43.4 Å². The second-order valence-corrected chi connectivity index (χ2v) is 12.2. The lowest BCUT2D eigenvalue weighted by Gasteiger charge is -2.34. The van der Waals surface area contributed by atoms with E-state index in [2.05, 4.69) is 158 Å². The highest BCUT2D eigenvalue weighted by atomic mass is 15.0. The van der Waals surface area contributed by atoms with Gasteiger partial charge in [0.05, 0.1) is 16.7 Å². The molecule has 1 aliphatic rings. The average Bonchev–Trinajstić information content (AvgIpc) is 3.37. The van der Waals surface area contributed by atoms with Crippen LogP contribution in [-0.2, 0) is 5.41 Å². The van der Waals surface area contributed by atoms with Crippen molar-refractivity contribution in [3.8, 4) is 27.9 Å². The molecule has 0 radical (unpaired) electrons. The van der Waals surface area contributed by atoms with Crippen LogP contribution in [-0.4, -0.2) is 4.57 Å². The van der Waals surface area contributed by atoms with Gasteiger partial charge in [-0.25, -0.2) is 0 Å². The minimum atomic E-state index is -0.0574. The molecule has 1 nitrogen and oxygen atoms in total. The Morgan fingerprint density at radius 2 is 1.07 bits per heavy atom. The molecule has 0 aliphatic carbocycles. The first-order chi connectivity index (χ1) is 20.6. The van der Waals surface area contributed by atoms with E-state index < -0.39 is 0 Å². The molecule has 0 saturated heterocycles. The first-order valence-electron chi connectivity index (χ1n) is 14.8. The summed E-state index contributed by atoms with van der Waals surface area (Å²) >= 11 is 0. The monoisotopic (exact) mass is 535 g/mol. The van der Waals surface area contributed by atoms with E-state index in [4.69, 9.17) is 0 Å². The minimum Gasteiger partial charge on any atom is -0.309 e. The van der Waals surface area contributed by atoms with E-state index in [0.717, 1.165) is 0 Å². The lowest BCUT2D eigenvalue weighted by Crippen LogP contribution is -2.26. The molecule has 9 rings (SSSR count). The van der Waals surface area contributed by atoms with Gasteiger partial charge in [0.1, 0.15) is 0 Å². The Labute approximate surface area is 245 Å². The van der Waals surface area contributed by atoms with Crippen molar-refractivity contribution in [1.29, 1.82) is 0 Å². The highest BCUT2D eigenvalue weighted by Crippen LogP contribution is 2.48. The smallest absolute Gasteiger partial charge is 0.0582 e. The van der Waals surface area contributed by atoms with Gasteiger partial charge in [-0.3, -0.25) is 0 Å². The Balaban J connectivity index is 1.28. The van der Waals surface area contributed by atoms with Gasteiger partial charge in [0.25, 0.3) is 0 Å². The molecule has 2 heterocycles. The number of nitrogens with zero attached hydrogens (tertiary/aromatic N) is 1. The van der Waals surface area contributed by atoms with Gasteiger partial charge >= 0.3 is 0 Å². The van der Waals surface area contributed by atoms with Gasteiger partial charge < -0.3 is 4.57 Å². The van der Waals surface area contributed by atoms with Crippen LogP contribution >= 0.6 is 0 Å². The molecule has 0 atom stereocenters. The molecule has 0 N–H and O–H groups in total. The second kappa shape index (κ2) is 8.44. The molecule has 42 heavy (non-hydrogen) atoms. The molecule has 0 bridgehead atoms. The molecular formula is C41H29N. The van der Waals surface area contributed by atoms with Crippen LogP contribution in [0.2, 0.25) is 0 Å². The van der Waals surface area contributed by atoms with E-state index in [1.165, 1.54) is 82.4 Å². The van der Waals surface area contributed by atoms with Crippen LogP contribution in [0.5, 0.6) is 0 Å². The van der Waals surface area contributed by atoms with Crippen LogP contribution in [0.1, 0.15) is 25.0 Å². The maximum atomic E-state index is 2.49. The van der Waals surface area contributed by atoms with Crippen molar-refractivity contribution in [2.45, 2.75) is 19.3 Å². The second-order valence-electron chi connectivity index (χ2n) is 12.2. The number of rotatable bonds is 2. The van der Waals surface area contributed by atoms with Crippen molar-refractivity contribution in [2.24, 2.45) is 0 Å². The predicted octanol–water partition coefficient (Wildman–Crippen LogP) is 11.1. The van der Waals surface area contributed by atoms with Crippen LogP contribution in [0.15, 0.2) is 140 Å². The Morgan fingerprint density at radius 1 is 0.452 bits per heavy atom. The van der Waals surface area contributed by atoms with Crippen LogP contribution < -0.4 is 0 Å². The van der Waals surface area contributed by atoms with Gasteiger partial charge in [-0.1, -0.05) is 129 Å². The lowest BCUT2D eigenvalue weighted by atomic mass is 9.75. The van der Waals surface area contributed by atoms with E-state index in [9.17, 15) is 0 Å². The average molecular weight is 536 g/mol. The first kappa shape index (κ1) is 23.6. The van der Waals surface area contributed by atoms with Crippen molar-refractivity contribution in [3.63, 3.8) is 0 Å². The van der Waals surface area contributed by atoms with Crippen molar-refractivity contribution in [1.82, 2.24) is 4.57 Å². The molecule has 0 saturated carbocycles. The lowest BCUT2D eigenvalue weighted by molar-refractivity contribution is 0.630. The summed E-state index contributed by atoms with van der Waals surface area (Å²) in [5.74, 6) is 0. The van der Waals surface area contributed by atoms with Gasteiger partial charge in [-0.2, -0.15) is 0 Å². The zero-order chi connectivity index (χ0) is 28.0. The Hall–Kier alpha value is -5.14. The van der Waals surface area contributed by atoms with Gasteiger partial charge in [-0.15, -0.1) is 0 Å². The van der Waals surface area contributed by atoms with Crippen LogP contribution in [0.4, 0.5) is 0 Å². The Morgan fingerprint density at radius 3 is 1.88 bits per heavy atom. The number of hydrogen-bond donors (Lipinski definition) is 0. The topological polar surface area (TPSA) is 4.93 Å². The van der Waals surface area contributed by atoms with Crippen molar-refractivity contribution in [2.75, 3.05) is 0 Å². The van der Waals surface area contributed by atoms with E-state index in [0.29, 0.717) is 0 Å². The molecule has 8 aromatic rings. The van der Waals surface area contributed by atoms with Crippen LogP contribution in [0, 0.1) is 0 Å². The molecule has 0 fully saturated rings. The molecule has 1 heteroatoms. The number of aromatic nitrogens is 1. The molecule has 0 amide bonds. The predicted molar refractivity (Wildman–Crippen MR) is 179 cm³/mol. The molecular weight excluding hydrogens is 506 g/mol. The molecule has 7 aromatic carbocycles. The summed E-state index contributed by atoms with van der Waals surface area (Å²) in [5, 5.41) is 7.73. The van der Waals surface area contributed by atoms with Gasteiger partial charge in [-0.05, 0) is 79.2 Å². The third-order valence-electron chi connectivity index (χ3n) is 9.57. The molecule has 0 spiro atoms. The maximum Gasteiger partial charge on any atom is 0.0582 e. The van der Waals surface area contributed by atoms with Crippen molar-refractivity contribution < 1.29 is 0 Å². The number of hydrogen-bond acceptors (Lipinski definition) is 0. The van der Waals surface area contributed by atoms with Gasteiger partial charge in [0, 0.05) is 16.2 Å². The first-order valence-corrected chi connectivity index (χ1v) is 14.8. The van der Waals surface area contributed by atoms with Crippen molar-refractivity contribution in [3.05, 3.63) is 151 Å². The number of benzene rings is 7. The molecule has 1 aromatic heterocycles. The molecule has 0 unspecified atom stereocenters. The summed E-state index contributed by atoms with van der Waals surface area (Å²) in [5.41, 5.74) is 11.6. The van der Waals surface area contributed by atoms with Crippen LogP contribution in [0.25, 0.3) is 71.3 Å². The Bertz CT molecular complexity index is 2380. The largest absolute Gasteiger partial charge is 0.309 e. The third kappa shape index (κ3) is 3.14. The SMILES string of the molecule is CC1(C)c2ccccc2-n2c3ccc(-c4ccc(-c5ccc6ccccc6c5)c5ccccc45)cc3c3cccc1c32. The molecule has 1 aliphatic heterocycles. The summed E-state index contributed by atoms with van der Waals surface area (Å²) in [6, 6.07) is 51.7. The van der Waals surface area contributed by atoms with E-state index in [1.807, 2.05) is 0 Å². The van der Waals surface area contributed by atoms with Gasteiger partial charge in [0.15, 0.2) is 0 Å². The number of para-hydroxylation sites is 2. The zero-order valence-electron chi connectivity index (χ0n) is 23.7. The summed E-state index contributed by atoms with van der Waals surface area (Å²) in [4.78, 5) is 0. The van der Waals surface area contributed by atoms with E-state index in [-0.39, 0.29) is 5.41 Å². The number of fused-ring (bicyclic) bond motifs is 7. The fourth-order valence-corrected chi connectivity index (χ4v) is 7.49. The summed E-state index contributed by atoms with van der Waals surface area (Å²) in [7, 11) is 0. The normalized spacial score (nSPS) is 13.7. The highest BCUT2D eigenvalue weighted by Gasteiger charge is 2.34. The minimum absolute atomic E-state index is 0.0574. The molecule has 198 valence electrons. The summed E-state index contributed by atoms with van der Waals surface area (Å²) in [6.07, 6.45) is 0. The summed E-state index contributed by atoms with van der Waals surface area (Å²) in [6.45, 7) is 4.72. The van der Waals surface area contributed by atoms with E-state index in [1.54, 1.807) is 0 Å². The fourth-order valence-electron chi connectivity index (χ4n) is 7.49. The maximum absolute atomic E-state index is 2.49. The zero-order valence-corrected chi connectivity index (χ0v) is 23.7. The third-order valence-corrected chi connectivity index (χ3v) is 9.57. The highest BCUT2D eigenvalue weighted by molar-refractivity contribution is 6.14. The quantitative estimate of drug-likeness (QED) is 0.207. The summed E-state index contributed by atoms with van der Waals surface area (Å²) < 4.78 is 2.49. The standard InChI is InChI=1S/C41H29N/c1-41(2)36-15-7-8-17-39(36)42-38-23-20-29(25-35(38)34-14-9-16-37(41)40(34)42)31-22-21-30(32-12-5-6-13-33(31)32)28-19-18-26-10-3-4-11-27(26)24-28/h3-25H,1-2H3. The Kier molecular flexibility index (Phi) is 4.73. The fraction of sp³-hybridized carbons (Fsp3) is 0.0732.